The number of ketones is 1. The highest BCUT2D eigenvalue weighted by molar-refractivity contribution is 6.37. The van der Waals surface area contributed by atoms with Gasteiger partial charge in [0.15, 0.2) is 5.78 Å². The fraction of sp³-hybridized carbons (Fsp3) is 0.194. The van der Waals surface area contributed by atoms with Crippen LogP contribution in [0.5, 0.6) is 11.5 Å². The van der Waals surface area contributed by atoms with Crippen LogP contribution in [0, 0.1) is 0 Å². The van der Waals surface area contributed by atoms with E-state index in [9.17, 15) is 29.4 Å². The normalized spacial score (nSPS) is 13.2. The summed E-state index contributed by atoms with van der Waals surface area (Å²) in [5.41, 5.74) is 1.17. The topological polar surface area (TPSA) is 155 Å². The number of carbonyl (C=O) groups is 4. The van der Waals surface area contributed by atoms with Crippen LogP contribution in [0.3, 0.4) is 0 Å². The highest BCUT2D eigenvalue weighted by Crippen LogP contribution is 2.42. The van der Waals surface area contributed by atoms with Gasteiger partial charge in [-0.15, -0.1) is 0 Å². The lowest BCUT2D eigenvalue weighted by molar-refractivity contribution is -0.112. The molecule has 216 valence electrons. The number of rotatable bonds is 10. The first-order chi connectivity index (χ1) is 20.1. The second-order valence-corrected chi connectivity index (χ2v) is 9.16. The molecule has 0 fully saturated rings. The summed E-state index contributed by atoms with van der Waals surface area (Å²) in [6.45, 7) is 5.59. The average Bonchev–Trinajstić information content (AvgIpc) is 2.99. The van der Waals surface area contributed by atoms with Gasteiger partial charge in [0.1, 0.15) is 17.2 Å². The van der Waals surface area contributed by atoms with E-state index in [1.54, 1.807) is 24.3 Å². The molecule has 42 heavy (non-hydrogen) atoms. The van der Waals surface area contributed by atoms with E-state index in [-0.39, 0.29) is 33.7 Å². The van der Waals surface area contributed by atoms with Crippen molar-refractivity contribution in [2.45, 2.75) is 13.8 Å². The summed E-state index contributed by atoms with van der Waals surface area (Å²) in [6, 6.07) is 13.5. The summed E-state index contributed by atoms with van der Waals surface area (Å²) in [7, 11) is 3.02. The van der Waals surface area contributed by atoms with Crippen molar-refractivity contribution in [1.29, 1.82) is 0 Å². The third-order valence-corrected chi connectivity index (χ3v) is 6.73. The Labute approximate surface area is 241 Å². The fourth-order valence-electron chi connectivity index (χ4n) is 4.62. The molecule has 0 heterocycles. The number of Topliss-reactive ketones (excluding diaryl/α,β-unsaturated/α-hetero) is 1. The zero-order chi connectivity index (χ0) is 30.6. The van der Waals surface area contributed by atoms with Crippen LogP contribution >= 0.6 is 0 Å². The number of carboxylic acids is 2. The third kappa shape index (κ3) is 5.85. The Hall–Kier alpha value is -5.45. The Morgan fingerprint density at radius 2 is 1.40 bits per heavy atom. The number of fused-ring (bicyclic) bond motifs is 1. The molecule has 0 bridgehead atoms. The Kier molecular flexibility index (Phi) is 8.70. The molecule has 0 radical (unpaired) electrons. The number of ether oxygens (including phenoxy) is 2. The second kappa shape index (κ2) is 12.4. The van der Waals surface area contributed by atoms with E-state index in [4.69, 9.17) is 14.5 Å². The van der Waals surface area contributed by atoms with Crippen molar-refractivity contribution in [3.63, 3.8) is 0 Å². The van der Waals surface area contributed by atoms with Gasteiger partial charge in [-0.3, -0.25) is 9.59 Å². The molecule has 11 nitrogen and oxygen atoms in total. The molecule has 3 N–H and O–H groups in total. The molecule has 1 aliphatic rings. The van der Waals surface area contributed by atoms with Gasteiger partial charge in [-0.25, -0.2) is 14.6 Å². The second-order valence-electron chi connectivity index (χ2n) is 9.16. The maximum atomic E-state index is 13.4. The van der Waals surface area contributed by atoms with E-state index in [0.717, 1.165) is 37.0 Å². The van der Waals surface area contributed by atoms with Crippen molar-refractivity contribution >= 4 is 46.4 Å². The highest BCUT2D eigenvalue weighted by atomic mass is 16.5. The molecule has 3 aromatic carbocycles. The quantitative estimate of drug-likeness (QED) is 0.290. The molecule has 0 atom stereocenters. The van der Waals surface area contributed by atoms with E-state index in [1.807, 2.05) is 26.0 Å². The van der Waals surface area contributed by atoms with E-state index in [1.165, 1.54) is 20.3 Å². The number of nitrogens with zero attached hydrogens (tertiary/aromatic N) is 2. The molecule has 4 rings (SSSR count). The number of aromatic carboxylic acids is 2. The summed E-state index contributed by atoms with van der Waals surface area (Å²) in [5.74, 6) is -3.35. The van der Waals surface area contributed by atoms with Gasteiger partial charge in [-0.2, -0.15) is 0 Å². The van der Waals surface area contributed by atoms with E-state index in [0.29, 0.717) is 22.7 Å². The molecule has 1 amide bonds. The Morgan fingerprint density at radius 1 is 0.857 bits per heavy atom. The van der Waals surface area contributed by atoms with Crippen LogP contribution in [0.4, 0.5) is 17.1 Å². The summed E-state index contributed by atoms with van der Waals surface area (Å²) >= 11 is 0. The predicted octanol–water partition coefficient (Wildman–Crippen LogP) is 4.83. The van der Waals surface area contributed by atoms with Gasteiger partial charge in [0.25, 0.3) is 5.91 Å². The van der Waals surface area contributed by atoms with Crippen LogP contribution < -0.4 is 19.7 Å². The minimum atomic E-state index is -1.38. The SMILES string of the molecule is CCN(CC)c1cc(OC)c(N=C2C=C(C(=O)Nc3cc(C(=O)O)cc(C(=O)O)c3)C(=O)c3ccccc32)c(OC)c1. The van der Waals surface area contributed by atoms with Crippen LogP contribution in [0.2, 0.25) is 0 Å². The number of aliphatic imine (C=N–C) groups is 1. The van der Waals surface area contributed by atoms with Crippen molar-refractivity contribution < 1.29 is 38.9 Å². The maximum Gasteiger partial charge on any atom is 0.335 e. The number of benzene rings is 3. The Bertz CT molecular complexity index is 1600. The molecular weight excluding hydrogens is 542 g/mol. The van der Waals surface area contributed by atoms with E-state index in [2.05, 4.69) is 10.2 Å². The van der Waals surface area contributed by atoms with Crippen molar-refractivity contribution in [2.75, 3.05) is 37.5 Å². The molecule has 1 aliphatic carbocycles. The van der Waals surface area contributed by atoms with Gasteiger partial charge < -0.3 is 29.9 Å². The minimum absolute atomic E-state index is 0.0984. The number of hydrogen-bond donors (Lipinski definition) is 3. The number of methoxy groups -OCH3 is 2. The third-order valence-electron chi connectivity index (χ3n) is 6.73. The monoisotopic (exact) mass is 571 g/mol. The van der Waals surface area contributed by atoms with Crippen molar-refractivity contribution in [2.24, 2.45) is 4.99 Å². The molecule has 11 heteroatoms. The zero-order valence-electron chi connectivity index (χ0n) is 23.4. The van der Waals surface area contributed by atoms with Crippen LogP contribution in [0.15, 0.2) is 71.2 Å². The van der Waals surface area contributed by atoms with Crippen LogP contribution in [0.25, 0.3) is 0 Å². The van der Waals surface area contributed by atoms with Crippen molar-refractivity contribution in [3.8, 4) is 11.5 Å². The molecular formula is C31H29N3O8. The first kappa shape index (κ1) is 29.5. The van der Waals surface area contributed by atoms with Crippen LogP contribution in [-0.2, 0) is 4.79 Å². The van der Waals surface area contributed by atoms with E-state index < -0.39 is 23.6 Å². The Morgan fingerprint density at radius 3 is 1.90 bits per heavy atom. The maximum absolute atomic E-state index is 13.4. The molecule has 0 unspecified atom stereocenters. The van der Waals surface area contributed by atoms with E-state index >= 15 is 0 Å². The summed E-state index contributed by atoms with van der Waals surface area (Å²) in [5, 5.41) is 21.2. The number of nitrogens with one attached hydrogen (secondary N) is 1. The first-order valence-corrected chi connectivity index (χ1v) is 13.0. The number of carbonyl (C=O) groups excluding carboxylic acids is 2. The summed E-state index contributed by atoms with van der Waals surface area (Å²) in [6.07, 6.45) is 1.33. The molecule has 0 saturated heterocycles. The van der Waals surface area contributed by atoms with Gasteiger partial charge in [-0.05, 0) is 38.1 Å². The molecule has 0 aromatic heterocycles. The number of hydrogen-bond acceptors (Lipinski definition) is 8. The lowest BCUT2D eigenvalue weighted by Crippen LogP contribution is -2.26. The molecule has 0 aliphatic heterocycles. The van der Waals surface area contributed by atoms with Gasteiger partial charge >= 0.3 is 11.9 Å². The number of carboxylic acid groups (broad SMARTS) is 2. The Balaban J connectivity index is 1.83. The van der Waals surface area contributed by atoms with Gasteiger partial charge in [-0.1, -0.05) is 24.3 Å². The summed E-state index contributed by atoms with van der Waals surface area (Å²) < 4.78 is 11.3. The van der Waals surface area contributed by atoms with Gasteiger partial charge in [0.05, 0.1) is 36.6 Å². The minimum Gasteiger partial charge on any atom is -0.494 e. The first-order valence-electron chi connectivity index (χ1n) is 13.0. The molecule has 0 spiro atoms. The number of anilines is 2. The van der Waals surface area contributed by atoms with Crippen molar-refractivity contribution in [3.05, 3.63) is 88.5 Å². The lowest BCUT2D eigenvalue weighted by atomic mass is 9.88. The fourth-order valence-corrected chi connectivity index (χ4v) is 4.62. The molecule has 3 aromatic rings. The van der Waals surface area contributed by atoms with Crippen LogP contribution in [0.1, 0.15) is 50.5 Å². The number of amides is 1. The largest absolute Gasteiger partial charge is 0.494 e. The standard InChI is InChI=1S/C31H29N3O8/c1-5-34(6-2)20-14-25(41-3)27(26(15-20)42-4)33-24-16-23(28(35)22-10-8-7-9-21(22)24)29(36)32-19-12-17(30(37)38)11-18(13-19)31(39)40/h7-16H,5-6H2,1-4H3,(H,32,36)(H,37,38)(H,39,40). The predicted molar refractivity (Wildman–Crippen MR) is 157 cm³/mol. The average molecular weight is 572 g/mol. The van der Waals surface area contributed by atoms with Crippen LogP contribution in [-0.4, -0.2) is 66.9 Å². The smallest absolute Gasteiger partial charge is 0.335 e. The van der Waals surface area contributed by atoms with Gasteiger partial charge in [0, 0.05) is 47.7 Å². The molecule has 0 saturated carbocycles. The van der Waals surface area contributed by atoms with Crippen molar-refractivity contribution in [1.82, 2.24) is 0 Å². The number of allylic oxidation sites excluding steroid dienone is 1. The lowest BCUT2D eigenvalue weighted by Gasteiger charge is -2.23. The summed E-state index contributed by atoms with van der Waals surface area (Å²) in [4.78, 5) is 56.7. The highest BCUT2D eigenvalue weighted by Gasteiger charge is 2.29. The van der Waals surface area contributed by atoms with Gasteiger partial charge in [0.2, 0.25) is 0 Å². The zero-order valence-corrected chi connectivity index (χ0v) is 23.4.